The molecular weight excluding hydrogens is 260 g/mol. The summed E-state index contributed by atoms with van der Waals surface area (Å²) >= 11 is 0. The molecule has 0 unspecified atom stereocenters. The standard InChI is InChI=1S/C18H24N2O/c19-12-5-4-11-18(20)16-9-6-10-17(13-16)21-14-15-7-2-1-3-8-15/h1-3,6-10,13,18H,4-5,11-12,14,19-20H2/t18-/m1/s1. The van der Waals surface area contributed by atoms with Crippen molar-refractivity contribution in [3.63, 3.8) is 0 Å². The molecule has 0 spiro atoms. The molecule has 112 valence electrons. The van der Waals surface area contributed by atoms with E-state index in [0.717, 1.165) is 42.7 Å². The topological polar surface area (TPSA) is 61.3 Å². The molecule has 0 radical (unpaired) electrons. The first-order valence-corrected chi connectivity index (χ1v) is 7.52. The summed E-state index contributed by atoms with van der Waals surface area (Å²) in [4.78, 5) is 0. The molecule has 0 fully saturated rings. The number of ether oxygens (including phenoxy) is 1. The number of unbranched alkanes of at least 4 members (excludes halogenated alkanes) is 1. The van der Waals surface area contributed by atoms with Gasteiger partial charge in [-0.15, -0.1) is 0 Å². The second-order valence-electron chi connectivity index (χ2n) is 5.24. The van der Waals surface area contributed by atoms with E-state index in [1.807, 2.05) is 36.4 Å². The minimum absolute atomic E-state index is 0.0526. The number of hydrogen-bond donors (Lipinski definition) is 2. The van der Waals surface area contributed by atoms with Crippen LogP contribution in [0.1, 0.15) is 36.4 Å². The van der Waals surface area contributed by atoms with Crippen molar-refractivity contribution in [1.82, 2.24) is 0 Å². The van der Waals surface area contributed by atoms with Crippen LogP contribution in [0.3, 0.4) is 0 Å². The zero-order valence-corrected chi connectivity index (χ0v) is 12.4. The molecule has 0 saturated heterocycles. The Morgan fingerprint density at radius 2 is 1.76 bits per heavy atom. The van der Waals surface area contributed by atoms with Gasteiger partial charge in [0.2, 0.25) is 0 Å². The fraction of sp³-hybridized carbons (Fsp3) is 0.333. The Morgan fingerprint density at radius 1 is 0.952 bits per heavy atom. The lowest BCUT2D eigenvalue weighted by atomic mass is 10.0. The van der Waals surface area contributed by atoms with E-state index in [1.165, 1.54) is 0 Å². The Bertz CT molecular complexity index is 528. The number of hydrogen-bond acceptors (Lipinski definition) is 3. The summed E-state index contributed by atoms with van der Waals surface area (Å²) in [6, 6.07) is 18.3. The maximum Gasteiger partial charge on any atom is 0.120 e. The molecule has 21 heavy (non-hydrogen) atoms. The molecule has 0 amide bonds. The van der Waals surface area contributed by atoms with Gasteiger partial charge in [0, 0.05) is 6.04 Å². The average Bonchev–Trinajstić information content (AvgIpc) is 2.54. The van der Waals surface area contributed by atoms with Gasteiger partial charge in [0.15, 0.2) is 0 Å². The summed E-state index contributed by atoms with van der Waals surface area (Å²) in [5, 5.41) is 0. The van der Waals surface area contributed by atoms with Crippen LogP contribution in [0.4, 0.5) is 0 Å². The van der Waals surface area contributed by atoms with Gasteiger partial charge in [-0.2, -0.15) is 0 Å². The molecule has 1 atom stereocenters. The SMILES string of the molecule is NCCCC[C@@H](N)c1cccc(OCc2ccccc2)c1. The first-order chi connectivity index (χ1) is 10.3. The molecule has 0 aliphatic rings. The van der Waals surface area contributed by atoms with Gasteiger partial charge in [-0.3, -0.25) is 0 Å². The van der Waals surface area contributed by atoms with Gasteiger partial charge in [0.05, 0.1) is 0 Å². The van der Waals surface area contributed by atoms with Gasteiger partial charge < -0.3 is 16.2 Å². The predicted octanol–water partition coefficient (Wildman–Crippen LogP) is 3.39. The molecule has 3 nitrogen and oxygen atoms in total. The number of rotatable bonds is 8. The third kappa shape index (κ3) is 5.21. The Labute approximate surface area is 126 Å². The molecule has 0 aliphatic carbocycles. The van der Waals surface area contributed by atoms with Crippen molar-refractivity contribution in [3.05, 3.63) is 65.7 Å². The smallest absolute Gasteiger partial charge is 0.120 e. The lowest BCUT2D eigenvalue weighted by Crippen LogP contribution is -2.11. The average molecular weight is 284 g/mol. The van der Waals surface area contributed by atoms with Gasteiger partial charge in [-0.1, -0.05) is 48.9 Å². The minimum Gasteiger partial charge on any atom is -0.489 e. The highest BCUT2D eigenvalue weighted by molar-refractivity contribution is 5.30. The summed E-state index contributed by atoms with van der Waals surface area (Å²) in [6.07, 6.45) is 3.05. The molecule has 0 aliphatic heterocycles. The van der Waals surface area contributed by atoms with E-state index in [9.17, 15) is 0 Å². The number of benzene rings is 2. The van der Waals surface area contributed by atoms with Crippen LogP contribution >= 0.6 is 0 Å². The van der Waals surface area contributed by atoms with E-state index < -0.39 is 0 Å². The third-order valence-corrected chi connectivity index (χ3v) is 3.50. The molecule has 2 rings (SSSR count). The first-order valence-electron chi connectivity index (χ1n) is 7.52. The predicted molar refractivity (Wildman–Crippen MR) is 87.0 cm³/mol. The van der Waals surface area contributed by atoms with Crippen LogP contribution in [0.2, 0.25) is 0 Å². The minimum atomic E-state index is 0.0526. The van der Waals surface area contributed by atoms with Crippen molar-refractivity contribution in [2.75, 3.05) is 6.54 Å². The zero-order chi connectivity index (χ0) is 14.9. The summed E-state index contributed by atoms with van der Waals surface area (Å²) < 4.78 is 5.83. The second-order valence-corrected chi connectivity index (χ2v) is 5.24. The Hall–Kier alpha value is -1.84. The van der Waals surface area contributed by atoms with Crippen molar-refractivity contribution in [3.8, 4) is 5.75 Å². The molecule has 3 heteroatoms. The van der Waals surface area contributed by atoms with E-state index in [4.69, 9.17) is 16.2 Å². The summed E-state index contributed by atoms with van der Waals surface area (Å²) in [6.45, 7) is 1.31. The Balaban J connectivity index is 1.91. The van der Waals surface area contributed by atoms with E-state index in [-0.39, 0.29) is 6.04 Å². The fourth-order valence-corrected chi connectivity index (χ4v) is 2.25. The van der Waals surface area contributed by atoms with E-state index in [2.05, 4.69) is 18.2 Å². The molecule has 0 bridgehead atoms. The van der Waals surface area contributed by atoms with Gasteiger partial charge >= 0.3 is 0 Å². The zero-order valence-electron chi connectivity index (χ0n) is 12.4. The highest BCUT2D eigenvalue weighted by atomic mass is 16.5. The number of nitrogens with two attached hydrogens (primary N) is 2. The maximum atomic E-state index is 6.22. The van der Waals surface area contributed by atoms with Gasteiger partial charge in [-0.05, 0) is 42.6 Å². The highest BCUT2D eigenvalue weighted by Crippen LogP contribution is 2.22. The van der Waals surface area contributed by atoms with Crippen molar-refractivity contribution < 1.29 is 4.74 Å². The maximum absolute atomic E-state index is 6.22. The van der Waals surface area contributed by atoms with Crippen molar-refractivity contribution in [2.45, 2.75) is 31.9 Å². The quantitative estimate of drug-likeness (QED) is 0.730. The van der Waals surface area contributed by atoms with Gasteiger partial charge in [-0.25, -0.2) is 0 Å². The van der Waals surface area contributed by atoms with Crippen LogP contribution in [0, 0.1) is 0 Å². The van der Waals surface area contributed by atoms with E-state index in [1.54, 1.807) is 0 Å². The molecular formula is C18H24N2O. The lowest BCUT2D eigenvalue weighted by molar-refractivity contribution is 0.305. The molecule has 2 aromatic rings. The Morgan fingerprint density at radius 3 is 2.52 bits per heavy atom. The van der Waals surface area contributed by atoms with Crippen LogP contribution in [0.25, 0.3) is 0 Å². The van der Waals surface area contributed by atoms with E-state index in [0.29, 0.717) is 6.61 Å². The van der Waals surface area contributed by atoms with Crippen molar-refractivity contribution in [2.24, 2.45) is 11.5 Å². The van der Waals surface area contributed by atoms with Crippen LogP contribution in [0.15, 0.2) is 54.6 Å². The monoisotopic (exact) mass is 284 g/mol. The Kier molecular flexibility index (Phi) is 6.25. The highest BCUT2D eigenvalue weighted by Gasteiger charge is 2.06. The molecule has 0 heterocycles. The second kappa shape index (κ2) is 8.45. The molecule has 0 saturated carbocycles. The van der Waals surface area contributed by atoms with Crippen LogP contribution in [-0.2, 0) is 6.61 Å². The van der Waals surface area contributed by atoms with Crippen LogP contribution in [-0.4, -0.2) is 6.54 Å². The first kappa shape index (κ1) is 15.5. The summed E-state index contributed by atoms with van der Waals surface area (Å²) in [7, 11) is 0. The normalized spacial score (nSPS) is 12.1. The van der Waals surface area contributed by atoms with Crippen LogP contribution in [0.5, 0.6) is 5.75 Å². The van der Waals surface area contributed by atoms with Gasteiger partial charge in [0.1, 0.15) is 12.4 Å². The molecule has 4 N–H and O–H groups in total. The van der Waals surface area contributed by atoms with E-state index >= 15 is 0 Å². The fourth-order valence-electron chi connectivity index (χ4n) is 2.25. The van der Waals surface area contributed by atoms with Gasteiger partial charge in [0.25, 0.3) is 0 Å². The van der Waals surface area contributed by atoms with Crippen molar-refractivity contribution >= 4 is 0 Å². The summed E-state index contributed by atoms with van der Waals surface area (Å²) in [5.41, 5.74) is 14.0. The van der Waals surface area contributed by atoms with Crippen LogP contribution < -0.4 is 16.2 Å². The molecule has 2 aromatic carbocycles. The molecule has 0 aromatic heterocycles. The lowest BCUT2D eigenvalue weighted by Gasteiger charge is -2.13. The summed E-state index contributed by atoms with van der Waals surface area (Å²) in [5.74, 6) is 0.866. The van der Waals surface area contributed by atoms with Crippen molar-refractivity contribution in [1.29, 1.82) is 0 Å². The largest absolute Gasteiger partial charge is 0.489 e. The third-order valence-electron chi connectivity index (χ3n) is 3.50.